The van der Waals surface area contributed by atoms with Crippen LogP contribution in [0.3, 0.4) is 0 Å². The summed E-state index contributed by atoms with van der Waals surface area (Å²) in [5.41, 5.74) is 2.78. The van der Waals surface area contributed by atoms with Crippen molar-refractivity contribution in [2.45, 2.75) is 25.4 Å². The average molecular weight is 516 g/mol. The van der Waals surface area contributed by atoms with Gasteiger partial charge in [-0.3, -0.25) is 4.79 Å². The van der Waals surface area contributed by atoms with Crippen LogP contribution in [0.15, 0.2) is 66.7 Å². The summed E-state index contributed by atoms with van der Waals surface area (Å²) in [4.78, 5) is 12.7. The van der Waals surface area contributed by atoms with Gasteiger partial charge in [0.1, 0.15) is 6.54 Å². The van der Waals surface area contributed by atoms with Gasteiger partial charge in [0.2, 0.25) is 0 Å². The first-order chi connectivity index (χ1) is 14.0. The highest BCUT2D eigenvalue weighted by Gasteiger charge is 2.30. The van der Waals surface area contributed by atoms with Crippen LogP contribution in [0.25, 0.3) is 10.8 Å². The molecule has 3 aromatic carbocycles. The monoisotopic (exact) mass is 516 g/mol. The van der Waals surface area contributed by atoms with Crippen molar-refractivity contribution in [3.05, 3.63) is 77.9 Å². The number of quaternary nitrogens is 1. The fourth-order valence-electron chi connectivity index (χ4n) is 4.21. The third-order valence-corrected chi connectivity index (χ3v) is 5.99. The van der Waals surface area contributed by atoms with E-state index >= 15 is 0 Å². The van der Waals surface area contributed by atoms with Gasteiger partial charge in [-0.25, -0.2) is 0 Å². The van der Waals surface area contributed by atoms with Crippen LogP contribution in [0.4, 0.5) is 5.69 Å². The van der Waals surface area contributed by atoms with E-state index in [1.807, 2.05) is 48.5 Å². The largest absolute Gasteiger partial charge is 1.00 e. The second-order valence-electron chi connectivity index (χ2n) is 8.49. The number of ether oxygens (including phenoxy) is 1. The quantitative estimate of drug-likeness (QED) is 0.416. The molecule has 0 unspecified atom stereocenters. The average Bonchev–Trinajstić information content (AvgIpc) is 2.75. The number of nitrogens with one attached hydrogen (secondary N) is 1. The Hall–Kier alpha value is -1.96. The summed E-state index contributed by atoms with van der Waals surface area (Å²) in [6.45, 7) is 2.71. The number of halogens is 1. The van der Waals surface area contributed by atoms with Gasteiger partial charge in [-0.1, -0.05) is 42.5 Å². The lowest BCUT2D eigenvalue weighted by molar-refractivity contribution is -0.929. The van der Waals surface area contributed by atoms with Gasteiger partial charge in [0, 0.05) is 29.7 Å². The molecule has 0 aliphatic carbocycles. The molecule has 0 saturated carbocycles. The molecule has 1 aliphatic heterocycles. The number of amides is 1. The normalized spacial score (nSPS) is 14.9. The van der Waals surface area contributed by atoms with Crippen LogP contribution in [0.5, 0.6) is 0 Å². The van der Waals surface area contributed by atoms with Gasteiger partial charge in [0.05, 0.1) is 33.4 Å². The van der Waals surface area contributed by atoms with Gasteiger partial charge in [0.15, 0.2) is 0 Å². The number of hydrogen-bond donors (Lipinski definition) is 1. The number of carbonyl (C=O) groups excluding carboxylic acids is 1. The predicted molar refractivity (Wildman–Crippen MR) is 118 cm³/mol. The van der Waals surface area contributed by atoms with Crippen molar-refractivity contribution < 1.29 is 38.0 Å². The fourth-order valence-corrected chi connectivity index (χ4v) is 4.21. The predicted octanol–water partition coefficient (Wildman–Crippen LogP) is 1.85. The standard InChI is InChI=1S/C25H28N2O2.HI/c1-27(2,24-13-15-29-16-14-24)18-19-7-11-23(12-8-19)26-25(28)22-10-9-20-5-3-4-6-21(20)17-22;/h3-12,17,24H,13-16,18H2,1-2H3;1H. The Kier molecular flexibility index (Phi) is 7.50. The molecule has 5 heteroatoms. The first-order valence-corrected chi connectivity index (χ1v) is 10.3. The van der Waals surface area contributed by atoms with E-state index in [0.29, 0.717) is 11.6 Å². The van der Waals surface area contributed by atoms with E-state index in [-0.39, 0.29) is 29.9 Å². The molecule has 1 heterocycles. The van der Waals surface area contributed by atoms with Crippen LogP contribution in [0.1, 0.15) is 28.8 Å². The van der Waals surface area contributed by atoms with Gasteiger partial charge in [-0.05, 0) is 35.0 Å². The number of hydrogen-bond acceptors (Lipinski definition) is 2. The molecule has 0 radical (unpaired) electrons. The Morgan fingerprint density at radius 3 is 2.33 bits per heavy atom. The zero-order valence-corrected chi connectivity index (χ0v) is 19.8. The number of anilines is 1. The van der Waals surface area contributed by atoms with Crippen molar-refractivity contribution in [2.24, 2.45) is 0 Å². The van der Waals surface area contributed by atoms with Crippen LogP contribution in [-0.2, 0) is 11.3 Å². The Bertz CT molecular complexity index is 995. The van der Waals surface area contributed by atoms with E-state index in [2.05, 4.69) is 37.6 Å². The summed E-state index contributed by atoms with van der Waals surface area (Å²) in [6, 6.07) is 22.7. The number of carbonyl (C=O) groups is 1. The molecule has 0 atom stereocenters. The number of rotatable bonds is 5. The van der Waals surface area contributed by atoms with Crippen LogP contribution in [-0.4, -0.2) is 43.7 Å². The minimum absolute atomic E-state index is 0. The molecule has 3 aromatic rings. The smallest absolute Gasteiger partial charge is 0.255 e. The Morgan fingerprint density at radius 2 is 1.63 bits per heavy atom. The summed E-state index contributed by atoms with van der Waals surface area (Å²) < 4.78 is 6.47. The molecule has 1 fully saturated rings. The summed E-state index contributed by atoms with van der Waals surface area (Å²) in [7, 11) is 4.59. The molecule has 0 bridgehead atoms. The lowest BCUT2D eigenvalue weighted by Gasteiger charge is -2.40. The van der Waals surface area contributed by atoms with E-state index < -0.39 is 0 Å². The molecule has 30 heavy (non-hydrogen) atoms. The molecule has 4 rings (SSSR count). The van der Waals surface area contributed by atoms with Crippen LogP contribution >= 0.6 is 0 Å². The number of fused-ring (bicyclic) bond motifs is 1. The van der Waals surface area contributed by atoms with Crippen molar-refractivity contribution in [3.8, 4) is 0 Å². The second kappa shape index (κ2) is 9.90. The zero-order chi connectivity index (χ0) is 20.3. The SMILES string of the molecule is C[N+](C)(Cc1ccc(NC(=O)c2ccc3ccccc3c2)cc1)C1CCOCC1.[I-]. The lowest BCUT2D eigenvalue weighted by Crippen LogP contribution is -3.00. The third-order valence-electron chi connectivity index (χ3n) is 5.99. The zero-order valence-electron chi connectivity index (χ0n) is 17.6. The molecular weight excluding hydrogens is 487 g/mol. The van der Waals surface area contributed by atoms with Gasteiger partial charge in [0.25, 0.3) is 5.91 Å². The molecule has 1 aliphatic rings. The molecular formula is C25H29IN2O2. The second-order valence-corrected chi connectivity index (χ2v) is 8.49. The van der Waals surface area contributed by atoms with Crippen molar-refractivity contribution in [1.29, 1.82) is 0 Å². The van der Waals surface area contributed by atoms with Crippen LogP contribution in [0, 0.1) is 0 Å². The summed E-state index contributed by atoms with van der Waals surface area (Å²) in [6.07, 6.45) is 2.24. The van der Waals surface area contributed by atoms with Gasteiger partial charge >= 0.3 is 0 Å². The number of nitrogens with zero attached hydrogens (tertiary/aromatic N) is 1. The van der Waals surface area contributed by atoms with E-state index in [1.54, 1.807) is 0 Å². The van der Waals surface area contributed by atoms with Crippen molar-refractivity contribution in [1.82, 2.24) is 0 Å². The Balaban J connectivity index is 0.00000256. The summed E-state index contributed by atoms with van der Waals surface area (Å²) >= 11 is 0. The van der Waals surface area contributed by atoms with E-state index in [1.165, 1.54) is 5.56 Å². The van der Waals surface area contributed by atoms with E-state index in [0.717, 1.165) is 53.5 Å². The van der Waals surface area contributed by atoms with Crippen molar-refractivity contribution >= 4 is 22.4 Å². The van der Waals surface area contributed by atoms with Crippen LogP contribution in [0.2, 0.25) is 0 Å². The molecule has 158 valence electrons. The summed E-state index contributed by atoms with van der Waals surface area (Å²) in [5.74, 6) is -0.0816. The molecule has 1 amide bonds. The maximum atomic E-state index is 12.7. The van der Waals surface area contributed by atoms with Crippen molar-refractivity contribution in [3.63, 3.8) is 0 Å². The molecule has 0 aromatic heterocycles. The highest BCUT2D eigenvalue weighted by molar-refractivity contribution is 6.06. The maximum absolute atomic E-state index is 12.7. The van der Waals surface area contributed by atoms with Crippen LogP contribution < -0.4 is 29.3 Å². The Morgan fingerprint density at radius 1 is 0.967 bits per heavy atom. The van der Waals surface area contributed by atoms with Gasteiger partial charge < -0.3 is 38.5 Å². The number of benzene rings is 3. The first-order valence-electron chi connectivity index (χ1n) is 10.3. The third kappa shape index (κ3) is 5.39. The highest BCUT2D eigenvalue weighted by atomic mass is 127. The van der Waals surface area contributed by atoms with Gasteiger partial charge in [-0.2, -0.15) is 0 Å². The minimum atomic E-state index is -0.0816. The maximum Gasteiger partial charge on any atom is 0.255 e. The highest BCUT2D eigenvalue weighted by Crippen LogP contribution is 2.23. The summed E-state index contributed by atoms with van der Waals surface area (Å²) in [5, 5.41) is 5.23. The Labute approximate surface area is 195 Å². The van der Waals surface area contributed by atoms with E-state index in [4.69, 9.17) is 4.74 Å². The van der Waals surface area contributed by atoms with Crippen molar-refractivity contribution in [2.75, 3.05) is 32.6 Å². The lowest BCUT2D eigenvalue weighted by atomic mass is 10.0. The van der Waals surface area contributed by atoms with E-state index in [9.17, 15) is 4.79 Å². The topological polar surface area (TPSA) is 38.3 Å². The first kappa shape index (κ1) is 22.7. The molecule has 1 N–H and O–H groups in total. The van der Waals surface area contributed by atoms with Gasteiger partial charge in [-0.15, -0.1) is 0 Å². The molecule has 1 saturated heterocycles. The fraction of sp³-hybridized carbons (Fsp3) is 0.320. The molecule has 0 spiro atoms. The molecule has 4 nitrogen and oxygen atoms in total. The minimum Gasteiger partial charge on any atom is -1.00 e.